The quantitative estimate of drug-likeness (QED) is 0.689. The van der Waals surface area contributed by atoms with Gasteiger partial charge in [0.1, 0.15) is 0 Å². The van der Waals surface area contributed by atoms with Crippen LogP contribution < -0.4 is 11.4 Å². The van der Waals surface area contributed by atoms with Crippen molar-refractivity contribution in [2.24, 2.45) is 7.05 Å². The Labute approximate surface area is 112 Å². The first-order chi connectivity index (χ1) is 9.16. The lowest BCUT2D eigenvalue weighted by atomic mass is 10.1. The van der Waals surface area contributed by atoms with Crippen molar-refractivity contribution in [2.45, 2.75) is 10.1 Å². The van der Waals surface area contributed by atoms with Crippen molar-refractivity contribution < 1.29 is 0 Å². The highest BCUT2D eigenvalue weighted by Gasteiger charge is 2.10. The van der Waals surface area contributed by atoms with E-state index < -0.39 is 0 Å². The van der Waals surface area contributed by atoms with Crippen LogP contribution in [-0.4, -0.2) is 19.7 Å². The highest BCUT2D eigenvalue weighted by molar-refractivity contribution is 7.99. The van der Waals surface area contributed by atoms with E-state index in [1.165, 1.54) is 16.3 Å². The molecule has 2 heterocycles. The third-order valence-electron chi connectivity index (χ3n) is 2.85. The number of hydrogen-bond donors (Lipinski definition) is 2. The fourth-order valence-electron chi connectivity index (χ4n) is 1.80. The van der Waals surface area contributed by atoms with E-state index in [1.54, 1.807) is 19.4 Å². The van der Waals surface area contributed by atoms with Gasteiger partial charge in [-0.15, -0.1) is 5.10 Å². The molecule has 0 aliphatic heterocycles. The molecule has 0 spiro atoms. The van der Waals surface area contributed by atoms with Crippen LogP contribution in [0.5, 0.6) is 0 Å². The monoisotopic (exact) mass is 273 g/mol. The minimum atomic E-state index is -0.236. The van der Waals surface area contributed by atoms with Gasteiger partial charge in [0.05, 0.1) is 0 Å². The number of anilines is 1. The Hall–Kier alpha value is -2.28. The minimum absolute atomic E-state index is 0.236. The second kappa shape index (κ2) is 4.43. The van der Waals surface area contributed by atoms with Crippen LogP contribution in [-0.2, 0) is 7.05 Å². The molecule has 19 heavy (non-hydrogen) atoms. The molecule has 0 fully saturated rings. The van der Waals surface area contributed by atoms with Crippen LogP contribution in [0.25, 0.3) is 10.8 Å². The van der Waals surface area contributed by atoms with Gasteiger partial charge in [-0.25, -0.2) is 9.89 Å². The first-order valence-corrected chi connectivity index (χ1v) is 6.40. The molecule has 96 valence electrons. The Kier molecular flexibility index (Phi) is 2.75. The first kappa shape index (κ1) is 11.8. The lowest BCUT2D eigenvalue weighted by Crippen LogP contribution is -2.12. The number of nitrogens with zero attached hydrogens (tertiary/aromatic N) is 3. The lowest BCUT2D eigenvalue weighted by Gasteiger charge is -2.07. The maximum atomic E-state index is 11.3. The molecule has 3 N–H and O–H groups in total. The van der Waals surface area contributed by atoms with E-state index in [-0.39, 0.29) is 5.69 Å². The van der Waals surface area contributed by atoms with Gasteiger partial charge in [0.25, 0.3) is 0 Å². The Bertz CT molecular complexity index is 807. The summed E-state index contributed by atoms with van der Waals surface area (Å²) >= 11 is 1.40. The second-order valence-electron chi connectivity index (χ2n) is 4.05. The summed E-state index contributed by atoms with van der Waals surface area (Å²) in [4.78, 5) is 16.4. The summed E-state index contributed by atoms with van der Waals surface area (Å²) in [7, 11) is 1.67. The molecule has 0 bridgehead atoms. The topological polar surface area (TPSA) is 89.6 Å². The van der Waals surface area contributed by atoms with Gasteiger partial charge in [-0.2, -0.15) is 0 Å². The van der Waals surface area contributed by atoms with Gasteiger partial charge >= 0.3 is 5.69 Å². The molecule has 0 radical (unpaired) electrons. The number of hydrogen-bond acceptors (Lipinski definition) is 5. The largest absolute Gasteiger partial charge is 0.398 e. The Morgan fingerprint density at radius 3 is 2.89 bits per heavy atom. The van der Waals surface area contributed by atoms with E-state index in [2.05, 4.69) is 15.2 Å². The standard InChI is InChI=1S/C12H11N5OS/c1-17-11(18)15-16-12(17)19-10-3-2-9(13)7-4-5-14-6-8(7)10/h2-6H,13H2,1H3,(H,15,18). The zero-order valence-electron chi connectivity index (χ0n) is 10.1. The van der Waals surface area contributed by atoms with Crippen molar-refractivity contribution in [2.75, 3.05) is 5.73 Å². The van der Waals surface area contributed by atoms with Crippen LogP contribution >= 0.6 is 11.8 Å². The van der Waals surface area contributed by atoms with Crippen molar-refractivity contribution in [1.29, 1.82) is 0 Å². The molecule has 3 rings (SSSR count). The molecular weight excluding hydrogens is 262 g/mol. The molecule has 2 aromatic heterocycles. The van der Waals surface area contributed by atoms with E-state index >= 15 is 0 Å². The van der Waals surface area contributed by atoms with Gasteiger partial charge in [-0.3, -0.25) is 9.55 Å². The molecule has 6 nitrogen and oxygen atoms in total. The second-order valence-corrected chi connectivity index (χ2v) is 5.06. The molecule has 0 aliphatic rings. The highest BCUT2D eigenvalue weighted by Crippen LogP contribution is 2.33. The maximum absolute atomic E-state index is 11.3. The number of rotatable bonds is 2. The summed E-state index contributed by atoms with van der Waals surface area (Å²) in [5.74, 6) is 0. The summed E-state index contributed by atoms with van der Waals surface area (Å²) < 4.78 is 1.46. The number of aromatic nitrogens is 4. The SMILES string of the molecule is Cn1c(Sc2ccc(N)c3ccncc23)n[nH]c1=O. The van der Waals surface area contributed by atoms with E-state index in [4.69, 9.17) is 5.73 Å². The molecule has 0 amide bonds. The Morgan fingerprint density at radius 2 is 2.16 bits per heavy atom. The molecule has 3 aromatic rings. The number of nitrogen functional groups attached to an aromatic ring is 1. The predicted octanol–water partition coefficient (Wildman–Crippen LogP) is 1.39. The van der Waals surface area contributed by atoms with Gasteiger partial charge in [0, 0.05) is 40.8 Å². The van der Waals surface area contributed by atoms with Crippen molar-refractivity contribution in [3.8, 4) is 0 Å². The van der Waals surface area contributed by atoms with Crippen molar-refractivity contribution >= 4 is 28.2 Å². The summed E-state index contributed by atoms with van der Waals surface area (Å²) in [6.45, 7) is 0. The molecule has 0 saturated carbocycles. The third-order valence-corrected chi connectivity index (χ3v) is 3.98. The molecule has 7 heteroatoms. The minimum Gasteiger partial charge on any atom is -0.398 e. The first-order valence-electron chi connectivity index (χ1n) is 5.58. The van der Waals surface area contributed by atoms with Crippen LogP contribution in [0.4, 0.5) is 5.69 Å². The van der Waals surface area contributed by atoms with Crippen molar-refractivity contribution in [3.63, 3.8) is 0 Å². The molecule has 0 atom stereocenters. The fraction of sp³-hybridized carbons (Fsp3) is 0.0833. The van der Waals surface area contributed by atoms with Crippen LogP contribution in [0.15, 0.2) is 45.4 Å². The molecule has 0 unspecified atom stereocenters. The Morgan fingerprint density at radius 1 is 1.32 bits per heavy atom. The molecular formula is C12H11N5OS. The van der Waals surface area contributed by atoms with Gasteiger partial charge in [-0.1, -0.05) is 0 Å². The van der Waals surface area contributed by atoms with Gasteiger partial charge < -0.3 is 5.73 Å². The molecule has 0 saturated heterocycles. The molecule has 0 aliphatic carbocycles. The predicted molar refractivity (Wildman–Crippen MR) is 74.1 cm³/mol. The van der Waals surface area contributed by atoms with E-state index in [1.807, 2.05) is 18.2 Å². The smallest absolute Gasteiger partial charge is 0.343 e. The summed E-state index contributed by atoms with van der Waals surface area (Å²) in [6, 6.07) is 5.62. The van der Waals surface area contributed by atoms with Gasteiger partial charge in [0.15, 0.2) is 5.16 Å². The van der Waals surface area contributed by atoms with Crippen LogP contribution in [0.1, 0.15) is 0 Å². The number of nitrogens with two attached hydrogens (primary N) is 1. The van der Waals surface area contributed by atoms with Crippen LogP contribution in [0.2, 0.25) is 0 Å². The average Bonchev–Trinajstić information content (AvgIpc) is 2.74. The summed E-state index contributed by atoms with van der Waals surface area (Å²) in [6.07, 6.45) is 3.47. The van der Waals surface area contributed by atoms with E-state index in [9.17, 15) is 4.79 Å². The van der Waals surface area contributed by atoms with Crippen molar-refractivity contribution in [1.82, 2.24) is 19.7 Å². The Balaban J connectivity index is 2.14. The number of H-pyrrole nitrogens is 1. The summed E-state index contributed by atoms with van der Waals surface area (Å²) in [5, 5.41) is 8.88. The van der Waals surface area contributed by atoms with Gasteiger partial charge in [-0.05, 0) is 30.0 Å². The molecule has 1 aromatic carbocycles. The van der Waals surface area contributed by atoms with Crippen LogP contribution in [0, 0.1) is 0 Å². The maximum Gasteiger partial charge on any atom is 0.343 e. The lowest BCUT2D eigenvalue weighted by molar-refractivity contribution is 0.766. The van der Waals surface area contributed by atoms with E-state index in [0.29, 0.717) is 10.8 Å². The number of benzene rings is 1. The number of pyridine rings is 1. The highest BCUT2D eigenvalue weighted by atomic mass is 32.2. The normalized spacial score (nSPS) is 11.0. The third kappa shape index (κ3) is 1.97. The number of aromatic amines is 1. The van der Waals surface area contributed by atoms with Crippen LogP contribution in [0.3, 0.4) is 0 Å². The van der Waals surface area contributed by atoms with E-state index in [0.717, 1.165) is 15.7 Å². The average molecular weight is 273 g/mol. The zero-order valence-corrected chi connectivity index (χ0v) is 10.9. The number of fused-ring (bicyclic) bond motifs is 1. The number of nitrogens with one attached hydrogen (secondary N) is 1. The zero-order chi connectivity index (χ0) is 13.4. The fourth-order valence-corrected chi connectivity index (χ4v) is 2.72. The van der Waals surface area contributed by atoms with Gasteiger partial charge in [0.2, 0.25) is 0 Å². The van der Waals surface area contributed by atoms with Crippen molar-refractivity contribution in [3.05, 3.63) is 41.1 Å². The summed E-state index contributed by atoms with van der Waals surface area (Å²) in [5.41, 5.74) is 6.41.